The molecule has 0 saturated carbocycles. The monoisotopic (exact) mass is 243 g/mol. The molecule has 1 amide bonds. The van der Waals surface area contributed by atoms with Gasteiger partial charge in [0.25, 0.3) is 0 Å². The third-order valence-electron chi connectivity index (χ3n) is 1.93. The summed E-state index contributed by atoms with van der Waals surface area (Å²) in [5, 5.41) is 3.16. The predicted octanol–water partition coefficient (Wildman–Crippen LogP) is 0.780. The largest absolute Gasteiger partial charge is 0.394 e. The van der Waals surface area contributed by atoms with Crippen LogP contribution in [0.15, 0.2) is 6.20 Å². The summed E-state index contributed by atoms with van der Waals surface area (Å²) in [6.07, 6.45) is 3.38. The zero-order valence-electron chi connectivity index (χ0n) is 8.74. The second kappa shape index (κ2) is 6.12. The lowest BCUT2D eigenvalue weighted by Crippen LogP contribution is -2.11. The lowest BCUT2D eigenvalue weighted by atomic mass is 10.2. The molecule has 0 aliphatic rings. The molecule has 88 valence electrons. The van der Waals surface area contributed by atoms with Gasteiger partial charge in [-0.15, -0.1) is 0 Å². The fraction of sp³-hybridized carbons (Fsp3) is 0.444. The smallest absolute Gasteiger partial charge is 0.224 e. The fourth-order valence-corrected chi connectivity index (χ4v) is 1.28. The lowest BCUT2D eigenvalue weighted by Gasteiger charge is -2.07. The SMILES string of the molecule is NC(=O)CCCCNc1nc(Cl)ncc1N. The van der Waals surface area contributed by atoms with Gasteiger partial charge in [-0.3, -0.25) is 4.79 Å². The van der Waals surface area contributed by atoms with Crippen molar-refractivity contribution >= 4 is 29.0 Å². The van der Waals surface area contributed by atoms with Gasteiger partial charge in [-0.05, 0) is 24.4 Å². The fourth-order valence-electron chi connectivity index (χ4n) is 1.14. The summed E-state index contributed by atoms with van der Waals surface area (Å²) in [6.45, 7) is 0.658. The number of halogens is 1. The first-order chi connectivity index (χ1) is 7.59. The summed E-state index contributed by atoms with van der Waals surface area (Å²) in [6, 6.07) is 0. The third-order valence-corrected chi connectivity index (χ3v) is 2.11. The number of primary amides is 1. The average molecular weight is 244 g/mol. The first-order valence-electron chi connectivity index (χ1n) is 4.90. The molecule has 0 unspecified atom stereocenters. The molecule has 0 aliphatic heterocycles. The summed E-state index contributed by atoms with van der Waals surface area (Å²) in [5.74, 6) is 0.226. The number of hydrogen-bond donors (Lipinski definition) is 3. The van der Waals surface area contributed by atoms with Crippen molar-refractivity contribution in [3.05, 3.63) is 11.5 Å². The molecule has 7 heteroatoms. The number of unbranched alkanes of at least 4 members (excludes halogenated alkanes) is 1. The van der Waals surface area contributed by atoms with Crippen LogP contribution in [0.1, 0.15) is 19.3 Å². The molecular weight excluding hydrogens is 230 g/mol. The van der Waals surface area contributed by atoms with E-state index in [1.165, 1.54) is 6.20 Å². The Labute approximate surface area is 98.4 Å². The van der Waals surface area contributed by atoms with Crippen LogP contribution in [-0.2, 0) is 4.79 Å². The number of carbonyl (C=O) groups is 1. The summed E-state index contributed by atoms with van der Waals surface area (Å²) in [4.78, 5) is 18.1. The highest BCUT2D eigenvalue weighted by molar-refractivity contribution is 6.28. The summed E-state index contributed by atoms with van der Waals surface area (Å²) < 4.78 is 0. The topological polar surface area (TPSA) is 107 Å². The van der Waals surface area contributed by atoms with Crippen molar-refractivity contribution < 1.29 is 4.79 Å². The van der Waals surface area contributed by atoms with Gasteiger partial charge in [0.05, 0.1) is 11.9 Å². The Morgan fingerprint density at radius 3 is 2.94 bits per heavy atom. The maximum atomic E-state index is 10.5. The summed E-state index contributed by atoms with van der Waals surface area (Å²) >= 11 is 5.62. The van der Waals surface area contributed by atoms with E-state index in [4.69, 9.17) is 23.1 Å². The van der Waals surface area contributed by atoms with E-state index >= 15 is 0 Å². The number of aromatic nitrogens is 2. The van der Waals surface area contributed by atoms with E-state index in [-0.39, 0.29) is 11.2 Å². The first-order valence-corrected chi connectivity index (χ1v) is 5.27. The van der Waals surface area contributed by atoms with Crippen LogP contribution >= 0.6 is 11.6 Å². The van der Waals surface area contributed by atoms with Gasteiger partial charge in [-0.25, -0.2) is 4.98 Å². The quantitative estimate of drug-likeness (QED) is 0.506. The maximum Gasteiger partial charge on any atom is 0.224 e. The van der Waals surface area contributed by atoms with Crippen molar-refractivity contribution in [1.82, 2.24) is 9.97 Å². The van der Waals surface area contributed by atoms with Crippen LogP contribution in [0.5, 0.6) is 0 Å². The van der Waals surface area contributed by atoms with Crippen molar-refractivity contribution in [1.29, 1.82) is 0 Å². The zero-order chi connectivity index (χ0) is 12.0. The number of anilines is 2. The van der Waals surface area contributed by atoms with Gasteiger partial charge in [0.2, 0.25) is 11.2 Å². The Hall–Kier alpha value is -1.56. The zero-order valence-corrected chi connectivity index (χ0v) is 9.50. The number of nitrogens with one attached hydrogen (secondary N) is 1. The molecule has 6 nitrogen and oxygen atoms in total. The minimum Gasteiger partial charge on any atom is -0.394 e. The van der Waals surface area contributed by atoms with Gasteiger partial charge in [0, 0.05) is 13.0 Å². The molecular formula is C9H14ClN5O. The Bertz CT molecular complexity index is 371. The number of nitrogens with zero attached hydrogens (tertiary/aromatic N) is 2. The molecule has 0 aromatic carbocycles. The standard InChI is InChI=1S/C9H14ClN5O/c10-9-14-5-6(11)8(15-9)13-4-2-1-3-7(12)16/h5H,1-4,11H2,(H2,12,16)(H,13,14,15). The molecule has 0 atom stereocenters. The number of hydrogen-bond acceptors (Lipinski definition) is 5. The van der Waals surface area contributed by atoms with Crippen LogP contribution < -0.4 is 16.8 Å². The molecule has 1 aromatic heterocycles. The van der Waals surface area contributed by atoms with Gasteiger partial charge < -0.3 is 16.8 Å². The Morgan fingerprint density at radius 1 is 1.50 bits per heavy atom. The Morgan fingerprint density at radius 2 is 2.25 bits per heavy atom. The number of nitrogens with two attached hydrogens (primary N) is 2. The highest BCUT2D eigenvalue weighted by Gasteiger charge is 2.02. The Balaban J connectivity index is 2.31. The van der Waals surface area contributed by atoms with E-state index < -0.39 is 0 Å². The van der Waals surface area contributed by atoms with Crippen molar-refractivity contribution in [2.45, 2.75) is 19.3 Å². The van der Waals surface area contributed by atoms with Gasteiger partial charge >= 0.3 is 0 Å². The molecule has 1 heterocycles. The van der Waals surface area contributed by atoms with Crippen LogP contribution in [-0.4, -0.2) is 22.4 Å². The lowest BCUT2D eigenvalue weighted by molar-refractivity contribution is -0.118. The van der Waals surface area contributed by atoms with Gasteiger partial charge in [-0.2, -0.15) is 4.98 Å². The minimum absolute atomic E-state index is 0.147. The van der Waals surface area contributed by atoms with Crippen molar-refractivity contribution in [3.63, 3.8) is 0 Å². The van der Waals surface area contributed by atoms with Gasteiger partial charge in [0.15, 0.2) is 5.82 Å². The molecule has 0 saturated heterocycles. The molecule has 1 aromatic rings. The Kier molecular flexibility index (Phi) is 4.78. The highest BCUT2D eigenvalue weighted by Crippen LogP contribution is 2.15. The molecule has 5 N–H and O–H groups in total. The third kappa shape index (κ3) is 4.31. The summed E-state index contributed by atoms with van der Waals surface area (Å²) in [5.41, 5.74) is 11.1. The summed E-state index contributed by atoms with van der Waals surface area (Å²) in [7, 11) is 0. The number of rotatable bonds is 6. The molecule has 0 spiro atoms. The van der Waals surface area contributed by atoms with Crippen molar-refractivity contribution in [2.24, 2.45) is 5.73 Å². The number of nitrogen functional groups attached to an aromatic ring is 1. The van der Waals surface area contributed by atoms with Crippen LogP contribution in [0, 0.1) is 0 Å². The van der Waals surface area contributed by atoms with Gasteiger partial charge in [-0.1, -0.05) is 0 Å². The molecule has 16 heavy (non-hydrogen) atoms. The van der Waals surface area contributed by atoms with Gasteiger partial charge in [0.1, 0.15) is 0 Å². The van der Waals surface area contributed by atoms with E-state index in [0.29, 0.717) is 24.5 Å². The molecule has 0 bridgehead atoms. The van der Waals surface area contributed by atoms with Crippen LogP contribution in [0.2, 0.25) is 5.28 Å². The first kappa shape index (κ1) is 12.5. The predicted molar refractivity (Wildman–Crippen MR) is 63.0 cm³/mol. The molecule has 0 fully saturated rings. The molecule has 0 radical (unpaired) electrons. The van der Waals surface area contributed by atoms with Crippen LogP contribution in [0.4, 0.5) is 11.5 Å². The van der Waals surface area contributed by atoms with E-state index in [1.807, 2.05) is 0 Å². The second-order valence-electron chi connectivity index (χ2n) is 3.29. The molecule has 1 rings (SSSR count). The highest BCUT2D eigenvalue weighted by atomic mass is 35.5. The average Bonchev–Trinajstić information content (AvgIpc) is 2.22. The number of amides is 1. The van der Waals surface area contributed by atoms with E-state index in [1.54, 1.807) is 0 Å². The van der Waals surface area contributed by atoms with Crippen LogP contribution in [0.3, 0.4) is 0 Å². The van der Waals surface area contributed by atoms with E-state index in [2.05, 4.69) is 15.3 Å². The number of carbonyl (C=O) groups excluding carboxylic acids is 1. The molecule has 0 aliphatic carbocycles. The normalized spacial score (nSPS) is 10.1. The van der Waals surface area contributed by atoms with Crippen molar-refractivity contribution in [2.75, 3.05) is 17.6 Å². The maximum absolute atomic E-state index is 10.5. The van der Waals surface area contributed by atoms with E-state index in [9.17, 15) is 4.79 Å². The van der Waals surface area contributed by atoms with E-state index in [0.717, 1.165) is 12.8 Å². The second-order valence-corrected chi connectivity index (χ2v) is 3.63. The van der Waals surface area contributed by atoms with Crippen LogP contribution in [0.25, 0.3) is 0 Å². The van der Waals surface area contributed by atoms with Crippen molar-refractivity contribution in [3.8, 4) is 0 Å². The minimum atomic E-state index is -0.287.